The summed E-state index contributed by atoms with van der Waals surface area (Å²) in [4.78, 5) is 13.0. The van der Waals surface area contributed by atoms with Crippen LogP contribution in [0, 0.1) is 0 Å². The Morgan fingerprint density at radius 3 is 2.65 bits per heavy atom. The van der Waals surface area contributed by atoms with Gasteiger partial charge in [0.2, 0.25) is 5.91 Å². The third-order valence-electron chi connectivity index (χ3n) is 2.96. The molecular weight excluding hydrogens is 292 g/mol. The van der Waals surface area contributed by atoms with Gasteiger partial charge < -0.3 is 11.1 Å². The van der Waals surface area contributed by atoms with Crippen molar-refractivity contribution in [2.45, 2.75) is 18.9 Å². The molecule has 0 aliphatic rings. The van der Waals surface area contributed by atoms with Crippen molar-refractivity contribution in [2.24, 2.45) is 5.73 Å². The second-order valence-electron chi connectivity index (χ2n) is 4.53. The van der Waals surface area contributed by atoms with Crippen LogP contribution in [0.4, 0.5) is 0 Å². The Balaban J connectivity index is 1.73. The molecule has 2 aromatic rings. The second kappa shape index (κ2) is 7.43. The minimum Gasteiger partial charge on any atom is -0.356 e. The molecule has 20 heavy (non-hydrogen) atoms. The van der Waals surface area contributed by atoms with Crippen LogP contribution in [0.5, 0.6) is 0 Å². The molecule has 5 heteroatoms. The number of carbonyl (C=O) groups is 1. The van der Waals surface area contributed by atoms with Crippen molar-refractivity contribution < 1.29 is 4.79 Å². The lowest BCUT2D eigenvalue weighted by Crippen LogP contribution is -2.29. The van der Waals surface area contributed by atoms with Crippen molar-refractivity contribution in [2.75, 3.05) is 6.54 Å². The lowest BCUT2D eigenvalue weighted by molar-refractivity contribution is -0.121. The third-order valence-corrected chi connectivity index (χ3v) is 4.25. The van der Waals surface area contributed by atoms with Gasteiger partial charge in [0.15, 0.2) is 0 Å². The lowest BCUT2D eigenvalue weighted by Gasteiger charge is -2.11. The van der Waals surface area contributed by atoms with E-state index in [-0.39, 0.29) is 11.9 Å². The van der Waals surface area contributed by atoms with Crippen LogP contribution in [0.2, 0.25) is 4.34 Å². The largest absolute Gasteiger partial charge is 0.356 e. The predicted molar refractivity (Wildman–Crippen MR) is 84.0 cm³/mol. The summed E-state index contributed by atoms with van der Waals surface area (Å²) >= 11 is 7.39. The van der Waals surface area contributed by atoms with Crippen LogP contribution in [0.15, 0.2) is 42.5 Å². The van der Waals surface area contributed by atoms with E-state index in [1.165, 1.54) is 16.2 Å². The summed E-state index contributed by atoms with van der Waals surface area (Å²) in [6.07, 6.45) is 1.10. The fourth-order valence-corrected chi connectivity index (χ4v) is 2.99. The van der Waals surface area contributed by atoms with E-state index in [0.717, 1.165) is 16.3 Å². The molecule has 1 heterocycles. The molecule has 1 atom stereocenters. The van der Waals surface area contributed by atoms with Crippen LogP contribution in [0.1, 0.15) is 22.9 Å². The summed E-state index contributed by atoms with van der Waals surface area (Å²) in [6.45, 7) is 0.608. The summed E-state index contributed by atoms with van der Waals surface area (Å²) in [5, 5.41) is 2.89. The Kier molecular flexibility index (Phi) is 5.59. The molecule has 1 aromatic carbocycles. The molecular formula is C15H17ClN2OS. The Bertz CT molecular complexity index is 556. The third kappa shape index (κ3) is 4.63. The van der Waals surface area contributed by atoms with Crippen LogP contribution >= 0.6 is 22.9 Å². The molecule has 0 saturated heterocycles. The first-order chi connectivity index (χ1) is 9.65. The highest BCUT2D eigenvalue weighted by molar-refractivity contribution is 7.16. The maximum absolute atomic E-state index is 11.8. The van der Waals surface area contributed by atoms with Crippen molar-refractivity contribution in [1.82, 2.24) is 5.32 Å². The number of hydrogen-bond donors (Lipinski definition) is 2. The van der Waals surface area contributed by atoms with Crippen LogP contribution in [0.25, 0.3) is 0 Å². The molecule has 0 saturated carbocycles. The van der Waals surface area contributed by atoms with Gasteiger partial charge in [-0.05, 0) is 24.1 Å². The summed E-state index contributed by atoms with van der Waals surface area (Å²) in [7, 11) is 0. The first kappa shape index (κ1) is 15.0. The molecule has 3 N–H and O–H groups in total. The molecule has 2 rings (SSSR count). The molecule has 1 aromatic heterocycles. The highest BCUT2D eigenvalue weighted by Gasteiger charge is 2.10. The van der Waals surface area contributed by atoms with Crippen LogP contribution in [0.3, 0.4) is 0 Å². The number of nitrogens with one attached hydrogen (secondary N) is 1. The molecule has 0 bridgehead atoms. The second-order valence-corrected chi connectivity index (χ2v) is 6.33. The minimum absolute atomic E-state index is 0.0241. The van der Waals surface area contributed by atoms with E-state index in [1.54, 1.807) is 0 Å². The number of thiophene rings is 1. The average Bonchev–Trinajstić information content (AvgIpc) is 2.85. The molecule has 0 aliphatic heterocycles. The molecule has 0 spiro atoms. The van der Waals surface area contributed by atoms with E-state index in [9.17, 15) is 4.79 Å². The smallest absolute Gasteiger partial charge is 0.221 e. The monoisotopic (exact) mass is 308 g/mol. The number of hydrogen-bond acceptors (Lipinski definition) is 3. The van der Waals surface area contributed by atoms with Gasteiger partial charge in [-0.3, -0.25) is 4.79 Å². The van der Waals surface area contributed by atoms with Gasteiger partial charge >= 0.3 is 0 Å². The molecule has 1 unspecified atom stereocenters. The zero-order valence-electron chi connectivity index (χ0n) is 11.0. The van der Waals surface area contributed by atoms with Gasteiger partial charge in [0.25, 0.3) is 0 Å². The van der Waals surface area contributed by atoms with E-state index < -0.39 is 0 Å². The Morgan fingerprint density at radius 2 is 2.00 bits per heavy atom. The molecule has 3 nitrogen and oxygen atoms in total. The van der Waals surface area contributed by atoms with Gasteiger partial charge in [-0.2, -0.15) is 0 Å². The van der Waals surface area contributed by atoms with Crippen LogP contribution in [-0.2, 0) is 11.2 Å². The number of amides is 1. The standard InChI is InChI=1S/C15H17ClN2OS/c16-14-7-6-12(20-14)8-9-18-15(19)10-13(17)11-4-2-1-3-5-11/h1-7,13H,8-10,17H2,(H,18,19). The van der Waals surface area contributed by atoms with Crippen molar-refractivity contribution >= 4 is 28.8 Å². The van der Waals surface area contributed by atoms with Crippen molar-refractivity contribution in [3.05, 3.63) is 57.2 Å². The molecule has 1 amide bonds. The molecule has 0 radical (unpaired) electrons. The molecule has 0 aliphatic carbocycles. The number of halogens is 1. The van der Waals surface area contributed by atoms with E-state index in [0.29, 0.717) is 13.0 Å². The highest BCUT2D eigenvalue weighted by atomic mass is 35.5. The Labute approximate surface area is 127 Å². The normalized spacial score (nSPS) is 12.1. The summed E-state index contributed by atoms with van der Waals surface area (Å²) < 4.78 is 0.775. The quantitative estimate of drug-likeness (QED) is 0.861. The number of rotatable bonds is 6. The van der Waals surface area contributed by atoms with Gasteiger partial charge in [-0.1, -0.05) is 41.9 Å². The van der Waals surface area contributed by atoms with Gasteiger partial charge in [0.1, 0.15) is 0 Å². The fourth-order valence-electron chi connectivity index (χ4n) is 1.90. The SMILES string of the molecule is NC(CC(=O)NCCc1ccc(Cl)s1)c1ccccc1. The lowest BCUT2D eigenvalue weighted by atomic mass is 10.0. The van der Waals surface area contributed by atoms with Crippen molar-refractivity contribution in [3.63, 3.8) is 0 Å². The summed E-state index contributed by atoms with van der Waals surface area (Å²) in [6, 6.07) is 13.2. The number of carbonyl (C=O) groups excluding carboxylic acids is 1. The number of nitrogens with two attached hydrogens (primary N) is 1. The van der Waals surface area contributed by atoms with Crippen LogP contribution < -0.4 is 11.1 Å². The molecule has 0 fully saturated rings. The van der Waals surface area contributed by atoms with Crippen molar-refractivity contribution in [3.8, 4) is 0 Å². The number of benzene rings is 1. The van der Waals surface area contributed by atoms with Crippen molar-refractivity contribution in [1.29, 1.82) is 0 Å². The van der Waals surface area contributed by atoms with Gasteiger partial charge in [0.05, 0.1) is 4.34 Å². The summed E-state index contributed by atoms with van der Waals surface area (Å²) in [5.74, 6) is -0.0241. The van der Waals surface area contributed by atoms with E-state index in [1.807, 2.05) is 42.5 Å². The summed E-state index contributed by atoms with van der Waals surface area (Å²) in [5.41, 5.74) is 6.99. The first-order valence-corrected chi connectivity index (χ1v) is 7.66. The first-order valence-electron chi connectivity index (χ1n) is 6.46. The highest BCUT2D eigenvalue weighted by Crippen LogP contribution is 2.21. The minimum atomic E-state index is -0.257. The van der Waals surface area contributed by atoms with Gasteiger partial charge in [-0.15, -0.1) is 11.3 Å². The Hall–Kier alpha value is -1.36. The maximum atomic E-state index is 11.8. The van der Waals surface area contributed by atoms with E-state index in [4.69, 9.17) is 17.3 Å². The Morgan fingerprint density at radius 1 is 1.25 bits per heavy atom. The average molecular weight is 309 g/mol. The zero-order valence-corrected chi connectivity index (χ0v) is 12.6. The topological polar surface area (TPSA) is 55.1 Å². The zero-order chi connectivity index (χ0) is 14.4. The maximum Gasteiger partial charge on any atom is 0.221 e. The van der Waals surface area contributed by atoms with E-state index in [2.05, 4.69) is 5.32 Å². The predicted octanol–water partition coefficient (Wildman–Crippen LogP) is 3.15. The van der Waals surface area contributed by atoms with Crippen LogP contribution in [-0.4, -0.2) is 12.5 Å². The van der Waals surface area contributed by atoms with Gasteiger partial charge in [0, 0.05) is 23.9 Å². The molecule has 106 valence electrons. The fraction of sp³-hybridized carbons (Fsp3) is 0.267. The van der Waals surface area contributed by atoms with Gasteiger partial charge in [-0.25, -0.2) is 0 Å². The van der Waals surface area contributed by atoms with E-state index >= 15 is 0 Å².